The predicted octanol–water partition coefficient (Wildman–Crippen LogP) is 3.46. The summed E-state index contributed by atoms with van der Waals surface area (Å²) in [5.74, 6) is 0.794. The topological polar surface area (TPSA) is 30.0 Å². The molecule has 0 aromatic carbocycles. The molecule has 1 aromatic heterocycles. The van der Waals surface area contributed by atoms with E-state index < -0.39 is 0 Å². The second-order valence-corrected chi connectivity index (χ2v) is 4.43. The molecule has 0 aliphatic heterocycles. The molecule has 0 aliphatic rings. The molecule has 0 fully saturated rings. The Kier molecular flexibility index (Phi) is 4.26. The number of rotatable bonds is 5. The first-order valence-corrected chi connectivity index (χ1v) is 6.00. The largest absolute Gasteiger partial charge is 0.293 e. The smallest absolute Gasteiger partial charge is 0.174 e. The first-order valence-electron chi connectivity index (χ1n) is 5.12. The minimum absolute atomic E-state index is 0.263. The van der Waals surface area contributed by atoms with Crippen LogP contribution in [-0.2, 0) is 0 Å². The van der Waals surface area contributed by atoms with E-state index in [1.54, 1.807) is 5.51 Å². The molecule has 0 radical (unpaired) electrons. The molecule has 78 valence electrons. The Labute approximate surface area is 89.4 Å². The Bertz CT molecular complexity index is 302. The molecule has 1 heterocycles. The van der Waals surface area contributed by atoms with Crippen LogP contribution in [0.1, 0.15) is 48.5 Å². The fourth-order valence-electron chi connectivity index (χ4n) is 1.50. The highest BCUT2D eigenvalue weighted by Gasteiger charge is 2.15. The molecule has 0 amide bonds. The van der Waals surface area contributed by atoms with E-state index in [0.29, 0.717) is 12.3 Å². The Morgan fingerprint density at radius 1 is 1.50 bits per heavy atom. The van der Waals surface area contributed by atoms with Crippen molar-refractivity contribution >= 4 is 17.1 Å². The van der Waals surface area contributed by atoms with E-state index in [9.17, 15) is 4.79 Å². The number of thiazole rings is 1. The van der Waals surface area contributed by atoms with Gasteiger partial charge in [-0.1, -0.05) is 26.7 Å². The fraction of sp³-hybridized carbons (Fsp3) is 0.636. The number of hydrogen-bond acceptors (Lipinski definition) is 3. The lowest BCUT2D eigenvalue weighted by Crippen LogP contribution is -2.07. The van der Waals surface area contributed by atoms with Gasteiger partial charge < -0.3 is 0 Å². The number of aromatic nitrogens is 1. The van der Waals surface area contributed by atoms with Gasteiger partial charge in [0.1, 0.15) is 0 Å². The van der Waals surface area contributed by atoms with E-state index in [4.69, 9.17) is 0 Å². The zero-order chi connectivity index (χ0) is 10.6. The highest BCUT2D eigenvalue weighted by atomic mass is 32.1. The average Bonchev–Trinajstić information content (AvgIpc) is 2.60. The van der Waals surface area contributed by atoms with Crippen LogP contribution >= 0.6 is 11.3 Å². The standard InChI is InChI=1S/C11H17NOS/c1-4-9(5-2)6-10(13)11-8(3)12-7-14-11/h7,9H,4-6H2,1-3H3. The van der Waals surface area contributed by atoms with Gasteiger partial charge in [0.05, 0.1) is 16.1 Å². The second kappa shape index (κ2) is 5.25. The van der Waals surface area contributed by atoms with Gasteiger partial charge >= 0.3 is 0 Å². The van der Waals surface area contributed by atoms with E-state index in [2.05, 4.69) is 18.8 Å². The zero-order valence-corrected chi connectivity index (χ0v) is 9.86. The summed E-state index contributed by atoms with van der Waals surface area (Å²) in [7, 11) is 0. The van der Waals surface area contributed by atoms with Crippen LogP contribution in [0.5, 0.6) is 0 Å². The first-order chi connectivity index (χ1) is 6.69. The molecule has 2 nitrogen and oxygen atoms in total. The molecular formula is C11H17NOS. The zero-order valence-electron chi connectivity index (χ0n) is 9.04. The molecule has 0 bridgehead atoms. The molecule has 0 saturated heterocycles. The molecule has 0 saturated carbocycles. The Morgan fingerprint density at radius 2 is 2.14 bits per heavy atom. The molecule has 14 heavy (non-hydrogen) atoms. The normalized spacial score (nSPS) is 10.9. The highest BCUT2D eigenvalue weighted by molar-refractivity contribution is 7.11. The lowest BCUT2D eigenvalue weighted by Gasteiger charge is -2.09. The van der Waals surface area contributed by atoms with Crippen LogP contribution < -0.4 is 0 Å². The number of hydrogen-bond donors (Lipinski definition) is 0. The Hall–Kier alpha value is -0.700. The minimum atomic E-state index is 0.263. The molecule has 1 rings (SSSR count). The quantitative estimate of drug-likeness (QED) is 0.698. The monoisotopic (exact) mass is 211 g/mol. The van der Waals surface area contributed by atoms with E-state index in [1.807, 2.05) is 6.92 Å². The summed E-state index contributed by atoms with van der Waals surface area (Å²) in [5, 5.41) is 0. The van der Waals surface area contributed by atoms with Crippen molar-refractivity contribution in [3.8, 4) is 0 Å². The second-order valence-electron chi connectivity index (χ2n) is 3.58. The minimum Gasteiger partial charge on any atom is -0.293 e. The third-order valence-electron chi connectivity index (χ3n) is 2.63. The number of Topliss-reactive ketones (excluding diaryl/α,β-unsaturated/α-hetero) is 1. The fourth-order valence-corrected chi connectivity index (χ4v) is 2.26. The molecule has 0 spiro atoms. The van der Waals surface area contributed by atoms with Crippen molar-refractivity contribution in [1.29, 1.82) is 0 Å². The number of carbonyl (C=O) groups is 1. The summed E-state index contributed by atoms with van der Waals surface area (Å²) >= 11 is 1.46. The summed E-state index contributed by atoms with van der Waals surface area (Å²) in [6.07, 6.45) is 2.84. The van der Waals surface area contributed by atoms with Crippen molar-refractivity contribution in [3.63, 3.8) is 0 Å². The average molecular weight is 211 g/mol. The lowest BCUT2D eigenvalue weighted by atomic mass is 9.96. The van der Waals surface area contributed by atoms with Crippen LogP contribution in [0.2, 0.25) is 0 Å². The van der Waals surface area contributed by atoms with Crippen LogP contribution in [0.15, 0.2) is 5.51 Å². The van der Waals surface area contributed by atoms with Gasteiger partial charge in [0, 0.05) is 6.42 Å². The van der Waals surface area contributed by atoms with E-state index in [-0.39, 0.29) is 5.78 Å². The van der Waals surface area contributed by atoms with Gasteiger partial charge in [0.25, 0.3) is 0 Å². The van der Waals surface area contributed by atoms with Crippen molar-refractivity contribution in [2.45, 2.75) is 40.0 Å². The van der Waals surface area contributed by atoms with Crippen molar-refractivity contribution in [2.75, 3.05) is 0 Å². The molecule has 1 aromatic rings. The summed E-state index contributed by atoms with van der Waals surface area (Å²) in [5.41, 5.74) is 2.63. The van der Waals surface area contributed by atoms with Crippen LogP contribution in [0, 0.1) is 12.8 Å². The number of carbonyl (C=O) groups excluding carboxylic acids is 1. The summed E-state index contributed by atoms with van der Waals surface area (Å²) in [6, 6.07) is 0. The maximum absolute atomic E-state index is 11.8. The summed E-state index contributed by atoms with van der Waals surface area (Å²) in [6.45, 7) is 6.18. The summed E-state index contributed by atoms with van der Waals surface area (Å²) in [4.78, 5) is 16.8. The third kappa shape index (κ3) is 2.64. The van der Waals surface area contributed by atoms with Crippen molar-refractivity contribution in [1.82, 2.24) is 4.98 Å². The number of aryl methyl sites for hydroxylation is 1. The number of nitrogens with zero attached hydrogens (tertiary/aromatic N) is 1. The van der Waals surface area contributed by atoms with Gasteiger partial charge in [0.15, 0.2) is 5.78 Å². The van der Waals surface area contributed by atoms with Gasteiger partial charge in [-0.25, -0.2) is 4.98 Å². The van der Waals surface area contributed by atoms with Gasteiger partial charge in [-0.2, -0.15) is 0 Å². The maximum atomic E-state index is 11.8. The highest BCUT2D eigenvalue weighted by Crippen LogP contribution is 2.20. The van der Waals surface area contributed by atoms with Gasteiger partial charge in [-0.05, 0) is 12.8 Å². The van der Waals surface area contributed by atoms with E-state index in [0.717, 1.165) is 23.4 Å². The van der Waals surface area contributed by atoms with Crippen LogP contribution in [0.4, 0.5) is 0 Å². The molecule has 0 atom stereocenters. The van der Waals surface area contributed by atoms with Crippen LogP contribution in [-0.4, -0.2) is 10.8 Å². The maximum Gasteiger partial charge on any atom is 0.174 e. The van der Waals surface area contributed by atoms with Gasteiger partial charge in [-0.15, -0.1) is 11.3 Å². The van der Waals surface area contributed by atoms with Crippen molar-refractivity contribution in [2.24, 2.45) is 5.92 Å². The number of ketones is 1. The van der Waals surface area contributed by atoms with Crippen molar-refractivity contribution < 1.29 is 4.79 Å². The lowest BCUT2D eigenvalue weighted by molar-refractivity contribution is 0.0962. The van der Waals surface area contributed by atoms with Gasteiger partial charge in [-0.3, -0.25) is 4.79 Å². The summed E-state index contributed by atoms with van der Waals surface area (Å²) < 4.78 is 0. The Balaban J connectivity index is 2.63. The Morgan fingerprint density at radius 3 is 2.57 bits per heavy atom. The molecular weight excluding hydrogens is 194 g/mol. The van der Waals surface area contributed by atoms with E-state index >= 15 is 0 Å². The van der Waals surface area contributed by atoms with Crippen LogP contribution in [0.3, 0.4) is 0 Å². The first kappa shape index (κ1) is 11.4. The molecule has 3 heteroatoms. The van der Waals surface area contributed by atoms with Crippen molar-refractivity contribution in [3.05, 3.63) is 16.1 Å². The predicted molar refractivity (Wildman–Crippen MR) is 59.9 cm³/mol. The SMILES string of the molecule is CCC(CC)CC(=O)c1scnc1C. The van der Waals surface area contributed by atoms with Gasteiger partial charge in [0.2, 0.25) is 0 Å². The van der Waals surface area contributed by atoms with E-state index in [1.165, 1.54) is 11.3 Å². The molecule has 0 unspecified atom stereocenters. The molecule has 0 aliphatic carbocycles. The van der Waals surface area contributed by atoms with Crippen LogP contribution in [0.25, 0.3) is 0 Å². The molecule has 0 N–H and O–H groups in total. The third-order valence-corrected chi connectivity index (χ3v) is 3.60.